The molecule has 2 atom stereocenters. The molecule has 0 heterocycles. The summed E-state index contributed by atoms with van der Waals surface area (Å²) >= 11 is 0. The van der Waals surface area contributed by atoms with E-state index in [0.29, 0.717) is 5.92 Å². The molecule has 21 heavy (non-hydrogen) atoms. The highest BCUT2D eigenvalue weighted by Gasteiger charge is 2.40. The van der Waals surface area contributed by atoms with Crippen LogP contribution >= 0.6 is 0 Å². The van der Waals surface area contributed by atoms with Gasteiger partial charge in [0.2, 0.25) is 0 Å². The highest BCUT2D eigenvalue weighted by atomic mass is 19.4. The molecule has 1 nitrogen and oxygen atoms in total. The van der Waals surface area contributed by atoms with Crippen LogP contribution in [0.3, 0.4) is 0 Å². The van der Waals surface area contributed by atoms with Gasteiger partial charge in [0.25, 0.3) is 0 Å². The number of rotatable bonds is 4. The molecule has 0 aliphatic heterocycles. The summed E-state index contributed by atoms with van der Waals surface area (Å²) in [6.07, 6.45) is -0.921. The predicted octanol–water partition coefficient (Wildman–Crippen LogP) is 5.18. The summed E-state index contributed by atoms with van der Waals surface area (Å²) in [6.45, 7) is 7.21. The number of hydrogen-bond acceptors (Lipinski definition) is 1. The van der Waals surface area contributed by atoms with Crippen molar-refractivity contribution in [3.63, 3.8) is 0 Å². The van der Waals surface area contributed by atoms with Crippen LogP contribution in [0.25, 0.3) is 0 Å². The first-order valence-electron chi connectivity index (χ1n) is 7.66. The van der Waals surface area contributed by atoms with Crippen molar-refractivity contribution in [3.8, 4) is 0 Å². The first kappa shape index (κ1) is 16.3. The highest BCUT2D eigenvalue weighted by Crippen LogP contribution is 2.49. The second-order valence-electron chi connectivity index (χ2n) is 6.65. The van der Waals surface area contributed by atoms with Crippen LogP contribution in [-0.2, 0) is 6.18 Å². The quantitative estimate of drug-likeness (QED) is 0.807. The van der Waals surface area contributed by atoms with Gasteiger partial charge in [-0.25, -0.2) is 0 Å². The Labute approximate surface area is 124 Å². The van der Waals surface area contributed by atoms with E-state index in [9.17, 15) is 13.2 Å². The third kappa shape index (κ3) is 3.60. The predicted molar refractivity (Wildman–Crippen MR) is 79.0 cm³/mol. The summed E-state index contributed by atoms with van der Waals surface area (Å²) in [6, 6.07) is 5.78. The summed E-state index contributed by atoms with van der Waals surface area (Å²) < 4.78 is 38.8. The van der Waals surface area contributed by atoms with Crippen LogP contribution < -0.4 is 5.32 Å². The first-order chi connectivity index (χ1) is 9.75. The van der Waals surface area contributed by atoms with E-state index >= 15 is 0 Å². The molecule has 1 aromatic carbocycles. The maximum absolute atomic E-state index is 12.9. The van der Waals surface area contributed by atoms with E-state index in [1.54, 1.807) is 0 Å². The van der Waals surface area contributed by atoms with Crippen molar-refractivity contribution in [1.82, 2.24) is 5.32 Å². The van der Waals surface area contributed by atoms with Crippen LogP contribution in [0.2, 0.25) is 0 Å². The Hall–Kier alpha value is -1.03. The fourth-order valence-electron chi connectivity index (χ4n) is 3.59. The maximum Gasteiger partial charge on any atom is 0.416 e. The van der Waals surface area contributed by atoms with Crippen molar-refractivity contribution >= 4 is 0 Å². The first-order valence-corrected chi connectivity index (χ1v) is 7.66. The smallest absolute Gasteiger partial charge is 0.310 e. The number of nitrogens with one attached hydrogen (secondary N) is 1. The SMILES string of the molecule is CCNC(c1cccc(C(F)(F)F)c1)C1CCCC1(C)C. The van der Waals surface area contributed by atoms with Gasteiger partial charge in [-0.15, -0.1) is 0 Å². The molecule has 1 N–H and O–H groups in total. The minimum Gasteiger partial charge on any atom is -0.310 e. The molecule has 1 fully saturated rings. The Kier molecular flexibility index (Phi) is 4.66. The van der Waals surface area contributed by atoms with E-state index in [1.807, 2.05) is 13.0 Å². The van der Waals surface area contributed by atoms with Gasteiger partial charge in [0.05, 0.1) is 5.56 Å². The second-order valence-corrected chi connectivity index (χ2v) is 6.65. The van der Waals surface area contributed by atoms with Gasteiger partial charge in [0.1, 0.15) is 0 Å². The van der Waals surface area contributed by atoms with Crippen LogP contribution in [0.15, 0.2) is 24.3 Å². The van der Waals surface area contributed by atoms with Crippen LogP contribution in [0, 0.1) is 11.3 Å². The van der Waals surface area contributed by atoms with Crippen LogP contribution in [-0.4, -0.2) is 6.54 Å². The summed E-state index contributed by atoms with van der Waals surface area (Å²) in [7, 11) is 0. The van der Waals surface area contributed by atoms with E-state index in [-0.39, 0.29) is 11.5 Å². The fraction of sp³-hybridized carbons (Fsp3) is 0.647. The molecule has 4 heteroatoms. The van der Waals surface area contributed by atoms with Crippen molar-refractivity contribution in [2.24, 2.45) is 11.3 Å². The monoisotopic (exact) mass is 299 g/mol. The van der Waals surface area contributed by atoms with Gasteiger partial charge < -0.3 is 5.32 Å². The molecule has 2 unspecified atom stereocenters. The normalized spacial score (nSPS) is 23.2. The number of hydrogen-bond donors (Lipinski definition) is 1. The molecule has 0 radical (unpaired) electrons. The Balaban J connectivity index is 2.35. The van der Waals surface area contributed by atoms with E-state index < -0.39 is 11.7 Å². The molecular weight excluding hydrogens is 275 g/mol. The van der Waals surface area contributed by atoms with Crippen molar-refractivity contribution in [1.29, 1.82) is 0 Å². The van der Waals surface area contributed by atoms with Gasteiger partial charge in [0, 0.05) is 6.04 Å². The van der Waals surface area contributed by atoms with Gasteiger partial charge in [-0.1, -0.05) is 39.3 Å². The van der Waals surface area contributed by atoms with Crippen molar-refractivity contribution in [3.05, 3.63) is 35.4 Å². The zero-order chi connectivity index (χ0) is 15.7. The highest BCUT2D eigenvalue weighted by molar-refractivity contribution is 5.29. The molecule has 0 spiro atoms. The van der Waals surface area contributed by atoms with Gasteiger partial charge >= 0.3 is 6.18 Å². The largest absolute Gasteiger partial charge is 0.416 e. The molecule has 1 saturated carbocycles. The lowest BCUT2D eigenvalue weighted by Gasteiger charge is -2.35. The van der Waals surface area contributed by atoms with Gasteiger partial charge in [0.15, 0.2) is 0 Å². The van der Waals surface area contributed by atoms with Crippen molar-refractivity contribution < 1.29 is 13.2 Å². The van der Waals surface area contributed by atoms with E-state index in [1.165, 1.54) is 12.1 Å². The zero-order valence-electron chi connectivity index (χ0n) is 12.9. The fourth-order valence-corrected chi connectivity index (χ4v) is 3.59. The van der Waals surface area contributed by atoms with Gasteiger partial charge in [-0.05, 0) is 48.4 Å². The molecule has 1 aliphatic rings. The third-order valence-electron chi connectivity index (χ3n) is 4.74. The molecule has 0 saturated heterocycles. The lowest BCUT2D eigenvalue weighted by Crippen LogP contribution is -2.34. The number of benzene rings is 1. The van der Waals surface area contributed by atoms with Gasteiger partial charge in [-0.3, -0.25) is 0 Å². The van der Waals surface area contributed by atoms with Gasteiger partial charge in [-0.2, -0.15) is 13.2 Å². The zero-order valence-corrected chi connectivity index (χ0v) is 12.9. The Bertz CT molecular complexity index is 479. The minimum atomic E-state index is -4.28. The van der Waals surface area contributed by atoms with Crippen LogP contribution in [0.4, 0.5) is 13.2 Å². The molecule has 0 aromatic heterocycles. The third-order valence-corrected chi connectivity index (χ3v) is 4.74. The summed E-state index contributed by atoms with van der Waals surface area (Å²) in [5, 5.41) is 3.41. The second kappa shape index (κ2) is 5.99. The topological polar surface area (TPSA) is 12.0 Å². The summed E-state index contributed by atoms with van der Waals surface area (Å²) in [5.74, 6) is 0.376. The molecule has 0 amide bonds. The standard InChI is InChI=1S/C17H24F3N/c1-4-21-15(14-9-6-10-16(14,2)3)12-7-5-8-13(11-12)17(18,19)20/h5,7-8,11,14-15,21H,4,6,9-10H2,1-3H3. The van der Waals surface area contributed by atoms with E-state index in [2.05, 4.69) is 19.2 Å². The summed E-state index contributed by atoms with van der Waals surface area (Å²) in [5.41, 5.74) is 0.367. The average molecular weight is 299 g/mol. The van der Waals surface area contributed by atoms with Crippen molar-refractivity contribution in [2.45, 2.75) is 52.3 Å². The molecule has 0 bridgehead atoms. The molecular formula is C17H24F3N. The average Bonchev–Trinajstić information content (AvgIpc) is 2.75. The van der Waals surface area contributed by atoms with Crippen LogP contribution in [0.1, 0.15) is 57.2 Å². The lowest BCUT2D eigenvalue weighted by atomic mass is 9.75. The summed E-state index contributed by atoms with van der Waals surface area (Å²) in [4.78, 5) is 0. The van der Waals surface area contributed by atoms with E-state index in [4.69, 9.17) is 0 Å². The molecule has 118 valence electrons. The molecule has 1 aliphatic carbocycles. The van der Waals surface area contributed by atoms with Crippen LogP contribution in [0.5, 0.6) is 0 Å². The van der Waals surface area contributed by atoms with Crippen molar-refractivity contribution in [2.75, 3.05) is 6.54 Å². The molecule has 2 rings (SSSR count). The lowest BCUT2D eigenvalue weighted by molar-refractivity contribution is -0.137. The number of halogens is 3. The Morgan fingerprint density at radius 3 is 2.57 bits per heavy atom. The molecule has 1 aromatic rings. The number of alkyl halides is 3. The Morgan fingerprint density at radius 2 is 2.05 bits per heavy atom. The minimum absolute atomic E-state index is 0.00481. The maximum atomic E-state index is 12.9. The van der Waals surface area contributed by atoms with E-state index in [0.717, 1.165) is 37.4 Å². The Morgan fingerprint density at radius 1 is 1.33 bits per heavy atom.